The van der Waals surface area contributed by atoms with Gasteiger partial charge in [0.1, 0.15) is 11.4 Å². The third-order valence-electron chi connectivity index (χ3n) is 4.23. The van der Waals surface area contributed by atoms with Crippen molar-refractivity contribution >= 4 is 12.0 Å². The van der Waals surface area contributed by atoms with Crippen molar-refractivity contribution in [2.75, 3.05) is 26.7 Å². The SMILES string of the molecule is COc1ccccc1[C@@H]1CN(C(=O)OC(C)(C)C)CCN1C(=O)C=C(C)C. The largest absolute Gasteiger partial charge is 0.496 e. The van der Waals surface area contributed by atoms with Gasteiger partial charge in [-0.3, -0.25) is 4.79 Å². The predicted octanol–water partition coefficient (Wildman–Crippen LogP) is 3.78. The second-order valence-electron chi connectivity index (χ2n) is 7.94. The molecule has 6 heteroatoms. The second-order valence-corrected chi connectivity index (χ2v) is 7.94. The molecule has 1 aromatic carbocycles. The van der Waals surface area contributed by atoms with Gasteiger partial charge >= 0.3 is 6.09 Å². The lowest BCUT2D eigenvalue weighted by atomic mass is 10.0. The fourth-order valence-electron chi connectivity index (χ4n) is 3.08. The van der Waals surface area contributed by atoms with Gasteiger partial charge in [0.15, 0.2) is 0 Å². The van der Waals surface area contributed by atoms with E-state index in [0.717, 1.165) is 11.1 Å². The molecule has 1 fully saturated rings. The Kier molecular flexibility index (Phi) is 6.52. The lowest BCUT2D eigenvalue weighted by molar-refractivity contribution is -0.131. The number of carbonyl (C=O) groups excluding carboxylic acids is 2. The first kappa shape index (κ1) is 20.8. The van der Waals surface area contributed by atoms with E-state index in [1.54, 1.807) is 23.0 Å². The summed E-state index contributed by atoms with van der Waals surface area (Å²) in [4.78, 5) is 28.8. The molecule has 1 heterocycles. The van der Waals surface area contributed by atoms with E-state index in [0.29, 0.717) is 25.4 Å². The normalized spacial score (nSPS) is 17.3. The number of benzene rings is 1. The van der Waals surface area contributed by atoms with Crippen LogP contribution in [0.25, 0.3) is 0 Å². The third-order valence-corrected chi connectivity index (χ3v) is 4.23. The van der Waals surface area contributed by atoms with Crippen LogP contribution in [-0.4, -0.2) is 54.1 Å². The first-order chi connectivity index (χ1) is 12.6. The van der Waals surface area contributed by atoms with E-state index < -0.39 is 5.60 Å². The average molecular weight is 374 g/mol. The fraction of sp³-hybridized carbons (Fsp3) is 0.524. The van der Waals surface area contributed by atoms with Crippen LogP contribution in [0.3, 0.4) is 0 Å². The molecule has 0 aliphatic carbocycles. The fourth-order valence-corrected chi connectivity index (χ4v) is 3.08. The predicted molar refractivity (Wildman–Crippen MR) is 105 cm³/mol. The molecule has 1 aliphatic rings. The average Bonchev–Trinajstić information content (AvgIpc) is 2.59. The molecule has 1 aliphatic heterocycles. The molecule has 0 aromatic heterocycles. The zero-order chi connectivity index (χ0) is 20.2. The van der Waals surface area contributed by atoms with Crippen LogP contribution in [0.2, 0.25) is 0 Å². The molecular formula is C21H30N2O4. The minimum absolute atomic E-state index is 0.0604. The summed E-state index contributed by atoms with van der Waals surface area (Å²) in [6.07, 6.45) is 1.27. The van der Waals surface area contributed by atoms with Crippen molar-refractivity contribution < 1.29 is 19.1 Å². The Balaban J connectivity index is 2.34. The molecule has 2 rings (SSSR count). The summed E-state index contributed by atoms with van der Waals surface area (Å²) in [7, 11) is 1.61. The van der Waals surface area contributed by atoms with Crippen molar-refractivity contribution in [1.82, 2.24) is 9.80 Å². The van der Waals surface area contributed by atoms with Gasteiger partial charge in [-0.2, -0.15) is 0 Å². The lowest BCUT2D eigenvalue weighted by Gasteiger charge is -2.41. The monoisotopic (exact) mass is 374 g/mol. The molecule has 0 radical (unpaired) electrons. The third kappa shape index (κ3) is 5.49. The molecule has 0 bridgehead atoms. The van der Waals surface area contributed by atoms with Gasteiger partial charge in [-0.15, -0.1) is 0 Å². The Hall–Kier alpha value is -2.50. The Labute approximate surface area is 161 Å². The summed E-state index contributed by atoms with van der Waals surface area (Å²) in [6.45, 7) is 10.6. The first-order valence-corrected chi connectivity index (χ1v) is 9.18. The summed E-state index contributed by atoms with van der Waals surface area (Å²) >= 11 is 0. The van der Waals surface area contributed by atoms with Crippen molar-refractivity contribution in [3.05, 3.63) is 41.5 Å². The number of allylic oxidation sites excluding steroid dienone is 1. The highest BCUT2D eigenvalue weighted by molar-refractivity contribution is 5.89. The molecule has 2 amide bonds. The Morgan fingerprint density at radius 2 is 1.81 bits per heavy atom. The highest BCUT2D eigenvalue weighted by atomic mass is 16.6. The number of nitrogens with zero attached hydrogens (tertiary/aromatic N) is 2. The van der Waals surface area contributed by atoms with E-state index in [4.69, 9.17) is 9.47 Å². The van der Waals surface area contributed by atoms with Crippen LogP contribution in [0.1, 0.15) is 46.2 Å². The molecule has 0 saturated carbocycles. The lowest BCUT2D eigenvalue weighted by Crippen LogP contribution is -2.53. The van der Waals surface area contributed by atoms with Crippen molar-refractivity contribution in [3.63, 3.8) is 0 Å². The Morgan fingerprint density at radius 1 is 1.15 bits per heavy atom. The maximum atomic E-state index is 12.8. The van der Waals surface area contributed by atoms with Gasteiger partial charge in [0, 0.05) is 31.3 Å². The molecule has 0 N–H and O–H groups in total. The van der Waals surface area contributed by atoms with Crippen LogP contribution in [0, 0.1) is 0 Å². The topological polar surface area (TPSA) is 59.1 Å². The van der Waals surface area contributed by atoms with E-state index in [9.17, 15) is 9.59 Å². The number of amides is 2. The highest BCUT2D eigenvalue weighted by Crippen LogP contribution is 2.33. The summed E-state index contributed by atoms with van der Waals surface area (Å²) in [5.41, 5.74) is 1.25. The highest BCUT2D eigenvalue weighted by Gasteiger charge is 2.35. The number of ether oxygens (including phenoxy) is 2. The smallest absolute Gasteiger partial charge is 0.410 e. The maximum Gasteiger partial charge on any atom is 0.410 e. The van der Waals surface area contributed by atoms with Crippen LogP contribution in [0.4, 0.5) is 4.79 Å². The molecule has 1 atom stereocenters. The minimum Gasteiger partial charge on any atom is -0.496 e. The number of methoxy groups -OCH3 is 1. The van der Waals surface area contributed by atoms with Crippen LogP contribution in [0.15, 0.2) is 35.9 Å². The molecule has 0 unspecified atom stereocenters. The number of carbonyl (C=O) groups is 2. The number of piperazine rings is 1. The number of hydrogen-bond acceptors (Lipinski definition) is 4. The van der Waals surface area contributed by atoms with Crippen LogP contribution in [0.5, 0.6) is 5.75 Å². The van der Waals surface area contributed by atoms with Gasteiger partial charge in [-0.1, -0.05) is 23.8 Å². The van der Waals surface area contributed by atoms with Crippen LogP contribution in [-0.2, 0) is 9.53 Å². The van der Waals surface area contributed by atoms with E-state index in [2.05, 4.69) is 0 Å². The van der Waals surface area contributed by atoms with Crippen molar-refractivity contribution in [3.8, 4) is 5.75 Å². The quantitative estimate of drug-likeness (QED) is 0.756. The van der Waals surface area contributed by atoms with Crippen LogP contribution >= 0.6 is 0 Å². The number of hydrogen-bond donors (Lipinski definition) is 0. The second kappa shape index (κ2) is 8.46. The molecule has 6 nitrogen and oxygen atoms in total. The minimum atomic E-state index is -0.563. The molecule has 0 spiro atoms. The number of para-hydroxylation sites is 1. The van der Waals surface area contributed by atoms with Gasteiger partial charge in [0.25, 0.3) is 0 Å². The zero-order valence-electron chi connectivity index (χ0n) is 17.1. The van der Waals surface area contributed by atoms with E-state index in [1.165, 1.54) is 0 Å². The zero-order valence-corrected chi connectivity index (χ0v) is 17.1. The summed E-state index contributed by atoms with van der Waals surface area (Å²) < 4.78 is 11.0. The Morgan fingerprint density at radius 3 is 2.41 bits per heavy atom. The first-order valence-electron chi connectivity index (χ1n) is 9.18. The molecular weight excluding hydrogens is 344 g/mol. The van der Waals surface area contributed by atoms with E-state index in [1.807, 2.05) is 58.9 Å². The van der Waals surface area contributed by atoms with Gasteiger partial charge in [-0.25, -0.2) is 4.79 Å². The van der Waals surface area contributed by atoms with Crippen molar-refractivity contribution in [1.29, 1.82) is 0 Å². The van der Waals surface area contributed by atoms with Gasteiger partial charge in [-0.05, 0) is 40.7 Å². The molecule has 148 valence electrons. The van der Waals surface area contributed by atoms with E-state index in [-0.39, 0.29) is 18.0 Å². The van der Waals surface area contributed by atoms with Crippen molar-refractivity contribution in [2.24, 2.45) is 0 Å². The summed E-state index contributed by atoms with van der Waals surface area (Å²) in [5.74, 6) is 0.637. The molecule has 27 heavy (non-hydrogen) atoms. The standard InChI is InChI=1S/C21H30N2O4/c1-15(2)13-19(24)23-12-11-22(20(25)27-21(3,4)5)14-17(23)16-9-7-8-10-18(16)26-6/h7-10,13,17H,11-12,14H2,1-6H3/t17-/m0/s1. The maximum absolute atomic E-state index is 12.8. The van der Waals surface area contributed by atoms with E-state index >= 15 is 0 Å². The summed E-state index contributed by atoms with van der Waals surface area (Å²) in [5, 5.41) is 0. The Bertz CT molecular complexity index is 717. The van der Waals surface area contributed by atoms with Gasteiger partial charge in [0.05, 0.1) is 13.2 Å². The number of rotatable bonds is 3. The molecule has 1 aromatic rings. The van der Waals surface area contributed by atoms with Gasteiger partial charge in [0.2, 0.25) is 5.91 Å². The van der Waals surface area contributed by atoms with Gasteiger partial charge < -0.3 is 19.3 Å². The van der Waals surface area contributed by atoms with Crippen LogP contribution < -0.4 is 4.74 Å². The summed E-state index contributed by atoms with van der Waals surface area (Å²) in [6, 6.07) is 7.30. The van der Waals surface area contributed by atoms with Crippen molar-refractivity contribution in [2.45, 2.75) is 46.3 Å². The molecule has 1 saturated heterocycles.